The standard InChI is InChI=1S/C16H20ClN3O2/c1-22-15-5-3-13(4-6-15)7-10-20-16(21)14(11-18)12-19-9-2-8-17/h3-6,12,19H,2,7-10H2,1H3,(H,20,21)/b14-12-. The molecule has 0 bridgehead atoms. The second-order valence-electron chi connectivity index (χ2n) is 4.52. The number of hydrogen-bond donors (Lipinski definition) is 2. The van der Waals surface area contributed by atoms with Crippen LogP contribution >= 0.6 is 11.6 Å². The first-order valence-corrected chi connectivity index (χ1v) is 7.55. The van der Waals surface area contributed by atoms with Crippen molar-refractivity contribution in [2.75, 3.05) is 26.1 Å². The maximum atomic E-state index is 11.8. The fourth-order valence-electron chi connectivity index (χ4n) is 1.70. The van der Waals surface area contributed by atoms with Crippen LogP contribution in [0.15, 0.2) is 36.0 Å². The molecule has 1 aromatic rings. The van der Waals surface area contributed by atoms with Crippen molar-refractivity contribution in [1.29, 1.82) is 5.26 Å². The van der Waals surface area contributed by atoms with E-state index in [1.54, 1.807) is 7.11 Å². The molecule has 0 fully saturated rings. The molecular weight excluding hydrogens is 302 g/mol. The van der Waals surface area contributed by atoms with Crippen molar-refractivity contribution in [2.24, 2.45) is 0 Å². The number of amides is 1. The molecule has 0 saturated heterocycles. The lowest BCUT2D eigenvalue weighted by Gasteiger charge is -2.06. The molecule has 0 spiro atoms. The smallest absolute Gasteiger partial charge is 0.263 e. The predicted molar refractivity (Wildman–Crippen MR) is 86.7 cm³/mol. The third kappa shape index (κ3) is 6.51. The normalized spacial score (nSPS) is 10.7. The van der Waals surface area contributed by atoms with Gasteiger partial charge in [-0.2, -0.15) is 5.26 Å². The molecular formula is C16H20ClN3O2. The summed E-state index contributed by atoms with van der Waals surface area (Å²) in [5.74, 6) is 0.955. The summed E-state index contributed by atoms with van der Waals surface area (Å²) >= 11 is 5.55. The van der Waals surface area contributed by atoms with E-state index in [-0.39, 0.29) is 11.5 Å². The van der Waals surface area contributed by atoms with Crippen LogP contribution in [0.3, 0.4) is 0 Å². The van der Waals surface area contributed by atoms with Gasteiger partial charge in [-0.25, -0.2) is 0 Å². The maximum Gasteiger partial charge on any atom is 0.263 e. The molecule has 2 N–H and O–H groups in total. The molecule has 1 aromatic carbocycles. The summed E-state index contributed by atoms with van der Waals surface area (Å²) in [7, 11) is 1.62. The topological polar surface area (TPSA) is 74.1 Å². The Labute approximate surface area is 135 Å². The first-order valence-electron chi connectivity index (χ1n) is 7.02. The van der Waals surface area contributed by atoms with Crippen LogP contribution in [0.5, 0.6) is 5.75 Å². The Kier molecular flexibility index (Phi) is 8.54. The maximum absolute atomic E-state index is 11.8. The molecule has 0 aliphatic carbocycles. The number of alkyl halides is 1. The zero-order valence-corrected chi connectivity index (χ0v) is 13.3. The van der Waals surface area contributed by atoms with Gasteiger partial charge in [-0.3, -0.25) is 4.79 Å². The number of rotatable bonds is 9. The Balaban J connectivity index is 2.38. The van der Waals surface area contributed by atoms with Gasteiger partial charge in [0.2, 0.25) is 0 Å². The van der Waals surface area contributed by atoms with Crippen LogP contribution < -0.4 is 15.4 Å². The van der Waals surface area contributed by atoms with Gasteiger partial charge in [0.05, 0.1) is 7.11 Å². The number of halogens is 1. The molecule has 1 rings (SSSR count). The van der Waals surface area contributed by atoms with Crippen LogP contribution in [0.4, 0.5) is 0 Å². The third-order valence-electron chi connectivity index (χ3n) is 2.92. The number of methoxy groups -OCH3 is 1. The molecule has 22 heavy (non-hydrogen) atoms. The molecule has 0 aromatic heterocycles. The second-order valence-corrected chi connectivity index (χ2v) is 4.90. The van der Waals surface area contributed by atoms with Gasteiger partial charge in [0, 0.05) is 25.2 Å². The van der Waals surface area contributed by atoms with Crippen molar-refractivity contribution in [3.63, 3.8) is 0 Å². The summed E-state index contributed by atoms with van der Waals surface area (Å²) in [4.78, 5) is 11.8. The molecule has 118 valence electrons. The molecule has 1 amide bonds. The monoisotopic (exact) mass is 321 g/mol. The van der Waals surface area contributed by atoms with E-state index < -0.39 is 0 Å². The van der Waals surface area contributed by atoms with E-state index in [1.165, 1.54) is 6.20 Å². The predicted octanol–water partition coefficient (Wildman–Crippen LogP) is 1.98. The highest BCUT2D eigenvalue weighted by Gasteiger charge is 2.07. The number of ether oxygens (including phenoxy) is 1. The van der Waals surface area contributed by atoms with Gasteiger partial charge >= 0.3 is 0 Å². The van der Waals surface area contributed by atoms with Crippen LogP contribution in [0.1, 0.15) is 12.0 Å². The minimum atomic E-state index is -0.380. The van der Waals surface area contributed by atoms with Crippen LogP contribution in [0.2, 0.25) is 0 Å². The van der Waals surface area contributed by atoms with E-state index in [9.17, 15) is 4.79 Å². The summed E-state index contributed by atoms with van der Waals surface area (Å²) in [5.41, 5.74) is 1.15. The van der Waals surface area contributed by atoms with Gasteiger partial charge in [-0.1, -0.05) is 12.1 Å². The van der Waals surface area contributed by atoms with E-state index in [0.29, 0.717) is 25.4 Å². The molecule has 0 unspecified atom stereocenters. The summed E-state index contributed by atoms with van der Waals surface area (Å²) in [6, 6.07) is 9.52. The number of hydrogen-bond acceptors (Lipinski definition) is 4. The van der Waals surface area contributed by atoms with E-state index in [4.69, 9.17) is 21.6 Å². The van der Waals surface area contributed by atoms with Crippen LogP contribution in [-0.4, -0.2) is 32.0 Å². The molecule has 0 radical (unpaired) electrons. The highest BCUT2D eigenvalue weighted by atomic mass is 35.5. The first-order chi connectivity index (χ1) is 10.7. The number of nitrogens with one attached hydrogen (secondary N) is 2. The Morgan fingerprint density at radius 2 is 2.09 bits per heavy atom. The molecule has 0 aliphatic rings. The van der Waals surface area contributed by atoms with Gasteiger partial charge in [0.15, 0.2) is 0 Å². The minimum Gasteiger partial charge on any atom is -0.497 e. The highest BCUT2D eigenvalue weighted by molar-refractivity contribution is 6.17. The van der Waals surface area contributed by atoms with Crippen molar-refractivity contribution in [1.82, 2.24) is 10.6 Å². The zero-order valence-electron chi connectivity index (χ0n) is 12.6. The molecule has 0 atom stereocenters. The van der Waals surface area contributed by atoms with Crippen LogP contribution in [0.25, 0.3) is 0 Å². The summed E-state index contributed by atoms with van der Waals surface area (Å²) in [6.07, 6.45) is 2.89. The fraction of sp³-hybridized carbons (Fsp3) is 0.375. The van der Waals surface area contributed by atoms with Crippen LogP contribution in [0, 0.1) is 11.3 Å². The van der Waals surface area contributed by atoms with Crippen molar-refractivity contribution < 1.29 is 9.53 Å². The van der Waals surface area contributed by atoms with Gasteiger partial charge < -0.3 is 15.4 Å². The number of nitriles is 1. The van der Waals surface area contributed by atoms with Crippen molar-refractivity contribution in [2.45, 2.75) is 12.8 Å². The minimum absolute atomic E-state index is 0.0595. The average molecular weight is 322 g/mol. The van der Waals surface area contributed by atoms with Gasteiger partial charge in [-0.05, 0) is 30.5 Å². The van der Waals surface area contributed by atoms with Crippen molar-refractivity contribution in [3.05, 3.63) is 41.6 Å². The Morgan fingerprint density at radius 1 is 1.36 bits per heavy atom. The van der Waals surface area contributed by atoms with E-state index >= 15 is 0 Å². The molecule has 0 aliphatic heterocycles. The van der Waals surface area contributed by atoms with Crippen molar-refractivity contribution in [3.8, 4) is 11.8 Å². The lowest BCUT2D eigenvalue weighted by atomic mass is 10.1. The SMILES string of the molecule is COc1ccc(CCNC(=O)/C(C#N)=C\NCCCCl)cc1. The number of carbonyl (C=O) groups is 1. The third-order valence-corrected chi connectivity index (χ3v) is 3.19. The molecule has 0 heterocycles. The first kappa shape index (κ1) is 17.9. The molecule has 5 nitrogen and oxygen atoms in total. The Bertz CT molecular complexity index is 535. The summed E-state index contributed by atoms with van der Waals surface area (Å²) < 4.78 is 5.08. The van der Waals surface area contributed by atoms with E-state index in [0.717, 1.165) is 17.7 Å². The highest BCUT2D eigenvalue weighted by Crippen LogP contribution is 2.11. The van der Waals surface area contributed by atoms with Crippen molar-refractivity contribution >= 4 is 17.5 Å². The summed E-state index contributed by atoms with van der Waals surface area (Å²) in [5, 5.41) is 14.6. The number of benzene rings is 1. The van der Waals surface area contributed by atoms with Gasteiger partial charge in [0.1, 0.15) is 17.4 Å². The largest absolute Gasteiger partial charge is 0.497 e. The Hall–Kier alpha value is -2.19. The Morgan fingerprint density at radius 3 is 2.68 bits per heavy atom. The van der Waals surface area contributed by atoms with E-state index in [2.05, 4.69) is 10.6 Å². The summed E-state index contributed by atoms with van der Waals surface area (Å²) in [6.45, 7) is 1.10. The average Bonchev–Trinajstić information content (AvgIpc) is 2.55. The second kappa shape index (κ2) is 10.5. The number of nitrogens with zero attached hydrogens (tertiary/aromatic N) is 1. The lowest BCUT2D eigenvalue weighted by Crippen LogP contribution is -2.27. The molecule has 6 heteroatoms. The van der Waals surface area contributed by atoms with Gasteiger partial charge in [0.25, 0.3) is 5.91 Å². The fourth-order valence-corrected chi connectivity index (χ4v) is 1.83. The van der Waals surface area contributed by atoms with Crippen LogP contribution in [-0.2, 0) is 11.2 Å². The quantitative estimate of drug-likeness (QED) is 0.316. The van der Waals surface area contributed by atoms with E-state index in [1.807, 2.05) is 30.3 Å². The lowest BCUT2D eigenvalue weighted by molar-refractivity contribution is -0.117. The molecule has 0 saturated carbocycles. The number of carbonyl (C=O) groups excluding carboxylic acids is 1. The zero-order chi connectivity index (χ0) is 16.2. The van der Waals surface area contributed by atoms with Gasteiger partial charge in [-0.15, -0.1) is 11.6 Å².